The summed E-state index contributed by atoms with van der Waals surface area (Å²) in [7, 11) is -3.17. The molecule has 0 aromatic heterocycles. The van der Waals surface area contributed by atoms with Crippen LogP contribution in [0.4, 0.5) is 15.8 Å². The molecule has 1 N–H and O–H groups in total. The van der Waals surface area contributed by atoms with Crippen molar-refractivity contribution in [2.45, 2.75) is 50.6 Å². The fourth-order valence-corrected chi connectivity index (χ4v) is 6.66. The third-order valence-electron chi connectivity index (χ3n) is 8.00. The number of carbonyl (C=O) groups excluding carboxylic acids is 2. The van der Waals surface area contributed by atoms with Gasteiger partial charge in [0.05, 0.1) is 22.6 Å². The quantitative estimate of drug-likeness (QED) is 0.0891. The number of aryl methyl sites for hydroxylation is 1. The van der Waals surface area contributed by atoms with E-state index in [9.17, 15) is 28.1 Å². The summed E-state index contributed by atoms with van der Waals surface area (Å²) in [6.45, 7) is 2.66. The van der Waals surface area contributed by atoms with E-state index in [1.807, 2.05) is 13.0 Å². The summed E-state index contributed by atoms with van der Waals surface area (Å²) in [5.41, 5.74) is 0.773. The molecule has 4 aromatic carbocycles. The molecule has 1 atom stereocenters. The maximum Gasteiger partial charge on any atom is 0.273 e. The van der Waals surface area contributed by atoms with Gasteiger partial charge >= 0.3 is 0 Å². The number of nitrogens with one attached hydrogen (secondary N) is 1. The van der Waals surface area contributed by atoms with Gasteiger partial charge in [0.15, 0.2) is 0 Å². The Hall–Kier alpha value is -5.30. The third kappa shape index (κ3) is 9.20. The van der Waals surface area contributed by atoms with E-state index in [0.717, 1.165) is 22.4 Å². The summed E-state index contributed by atoms with van der Waals surface area (Å²) in [4.78, 5) is 40.2. The van der Waals surface area contributed by atoms with E-state index < -0.39 is 55.7 Å². The maximum absolute atomic E-state index is 15.1. The van der Waals surface area contributed by atoms with Crippen molar-refractivity contribution in [2.75, 3.05) is 24.5 Å². The van der Waals surface area contributed by atoms with Gasteiger partial charge in [0.25, 0.3) is 15.7 Å². The van der Waals surface area contributed by atoms with Crippen LogP contribution in [-0.4, -0.2) is 56.3 Å². The van der Waals surface area contributed by atoms with Crippen molar-refractivity contribution in [3.05, 3.63) is 130 Å². The number of amides is 2. The first kappa shape index (κ1) is 36.5. The number of rotatable bonds is 16. The van der Waals surface area contributed by atoms with Gasteiger partial charge in [0.2, 0.25) is 11.8 Å². The molecule has 0 saturated carbocycles. The summed E-state index contributed by atoms with van der Waals surface area (Å²) in [6.07, 6.45) is 1.57. The number of methoxy groups -OCH3 is 1. The molecule has 0 aliphatic carbocycles. The minimum atomic E-state index is -4.61. The Morgan fingerprint density at radius 2 is 1.65 bits per heavy atom. The van der Waals surface area contributed by atoms with Gasteiger partial charge in [0.1, 0.15) is 24.2 Å². The summed E-state index contributed by atoms with van der Waals surface area (Å²) in [5.74, 6) is -1.45. The molecule has 0 saturated heterocycles. The standard InChI is InChI=1S/C36H39FN4O7S/c1-4-5-21-38-36(43)34(22-27-11-7-6-8-12-27)39(24-28-13-9-10-14-32(28)37)35(42)25-40(29-16-18-30(48-3)19-17-29)49(46,47)31-20-15-26(2)33(23-31)41(44)45/h6-20,23,34H,4-5,21-22,24-25H2,1-3H3,(H,38,43). The molecule has 4 rings (SSSR count). The minimum absolute atomic E-state index is 0.0650. The Bertz CT molecular complexity index is 1870. The van der Waals surface area contributed by atoms with Gasteiger partial charge in [-0.25, -0.2) is 12.8 Å². The van der Waals surface area contributed by atoms with Crippen molar-refractivity contribution in [3.8, 4) is 5.75 Å². The number of hydrogen-bond donors (Lipinski definition) is 1. The van der Waals surface area contributed by atoms with Crippen LogP contribution in [-0.2, 0) is 32.6 Å². The molecule has 0 bridgehead atoms. The number of nitro groups is 1. The van der Waals surface area contributed by atoms with Gasteiger partial charge in [-0.2, -0.15) is 0 Å². The lowest BCUT2D eigenvalue weighted by atomic mass is 10.0. The SMILES string of the molecule is CCCCNC(=O)C(Cc1ccccc1)N(Cc1ccccc1F)C(=O)CN(c1ccc(OC)cc1)S(=O)(=O)c1ccc(C)c([N+](=O)[O-])c1. The van der Waals surface area contributed by atoms with Gasteiger partial charge in [-0.3, -0.25) is 24.0 Å². The average molecular weight is 691 g/mol. The van der Waals surface area contributed by atoms with Crippen molar-refractivity contribution in [3.63, 3.8) is 0 Å². The number of ether oxygens (including phenoxy) is 1. The Labute approximate surface area is 285 Å². The Balaban J connectivity index is 1.84. The smallest absolute Gasteiger partial charge is 0.273 e. The highest BCUT2D eigenvalue weighted by atomic mass is 32.2. The maximum atomic E-state index is 15.1. The second-order valence-corrected chi connectivity index (χ2v) is 13.2. The fraction of sp³-hybridized carbons (Fsp3) is 0.278. The monoisotopic (exact) mass is 690 g/mol. The predicted octanol–water partition coefficient (Wildman–Crippen LogP) is 5.80. The largest absolute Gasteiger partial charge is 0.497 e. The molecule has 4 aromatic rings. The van der Waals surface area contributed by atoms with E-state index in [1.165, 1.54) is 73.5 Å². The molecule has 49 heavy (non-hydrogen) atoms. The molecular formula is C36H39FN4O7S. The Morgan fingerprint density at radius 3 is 2.29 bits per heavy atom. The third-order valence-corrected chi connectivity index (χ3v) is 9.77. The van der Waals surface area contributed by atoms with E-state index in [4.69, 9.17) is 4.74 Å². The van der Waals surface area contributed by atoms with Crippen molar-refractivity contribution in [1.82, 2.24) is 10.2 Å². The van der Waals surface area contributed by atoms with Crippen molar-refractivity contribution < 1.29 is 32.1 Å². The lowest BCUT2D eigenvalue weighted by Crippen LogP contribution is -2.53. The van der Waals surface area contributed by atoms with Crippen LogP contribution in [0.3, 0.4) is 0 Å². The lowest BCUT2D eigenvalue weighted by molar-refractivity contribution is -0.385. The number of nitro benzene ring substituents is 1. The van der Waals surface area contributed by atoms with Crippen molar-refractivity contribution in [1.29, 1.82) is 0 Å². The van der Waals surface area contributed by atoms with Crippen LogP contribution in [0.5, 0.6) is 5.75 Å². The molecule has 0 aliphatic rings. The number of nitrogens with zero attached hydrogens (tertiary/aromatic N) is 3. The first-order valence-electron chi connectivity index (χ1n) is 15.7. The van der Waals surface area contributed by atoms with Gasteiger partial charge < -0.3 is 15.0 Å². The zero-order valence-corrected chi connectivity index (χ0v) is 28.4. The summed E-state index contributed by atoms with van der Waals surface area (Å²) in [5, 5.41) is 14.6. The minimum Gasteiger partial charge on any atom is -0.497 e. The first-order valence-corrected chi connectivity index (χ1v) is 17.2. The average Bonchev–Trinajstić information content (AvgIpc) is 3.09. The predicted molar refractivity (Wildman–Crippen MR) is 184 cm³/mol. The van der Waals surface area contributed by atoms with E-state index in [-0.39, 0.29) is 29.8 Å². The molecule has 258 valence electrons. The molecule has 0 aliphatic heterocycles. The van der Waals surface area contributed by atoms with Crippen LogP contribution in [0.1, 0.15) is 36.5 Å². The number of unbranched alkanes of at least 4 members (excludes halogenated alkanes) is 1. The number of carbonyl (C=O) groups is 2. The molecule has 0 fully saturated rings. The molecule has 2 amide bonds. The van der Waals surface area contributed by atoms with Crippen molar-refractivity contribution in [2.24, 2.45) is 0 Å². The van der Waals surface area contributed by atoms with Crippen LogP contribution in [0, 0.1) is 22.9 Å². The zero-order valence-electron chi connectivity index (χ0n) is 27.5. The zero-order chi connectivity index (χ0) is 35.6. The molecular weight excluding hydrogens is 651 g/mol. The van der Waals surface area contributed by atoms with E-state index in [0.29, 0.717) is 18.7 Å². The molecule has 0 spiro atoms. The highest BCUT2D eigenvalue weighted by Crippen LogP contribution is 2.30. The summed E-state index contributed by atoms with van der Waals surface area (Å²) >= 11 is 0. The van der Waals surface area contributed by atoms with Crippen LogP contribution >= 0.6 is 0 Å². The van der Waals surface area contributed by atoms with Crippen LogP contribution in [0.2, 0.25) is 0 Å². The van der Waals surface area contributed by atoms with Crippen LogP contribution < -0.4 is 14.4 Å². The number of hydrogen-bond acceptors (Lipinski definition) is 7. The number of anilines is 1. The second-order valence-electron chi connectivity index (χ2n) is 11.4. The van der Waals surface area contributed by atoms with Crippen molar-refractivity contribution >= 4 is 33.2 Å². The molecule has 13 heteroatoms. The number of halogens is 1. The van der Waals surface area contributed by atoms with E-state index in [2.05, 4.69) is 5.32 Å². The van der Waals surface area contributed by atoms with E-state index >= 15 is 4.39 Å². The Kier molecular flexibility index (Phi) is 12.4. The lowest BCUT2D eigenvalue weighted by Gasteiger charge is -2.34. The Morgan fingerprint density at radius 1 is 0.980 bits per heavy atom. The second kappa shape index (κ2) is 16.7. The number of sulfonamides is 1. The molecule has 0 heterocycles. The molecule has 1 unspecified atom stereocenters. The normalized spacial score (nSPS) is 11.8. The van der Waals surface area contributed by atoms with Crippen LogP contribution in [0.25, 0.3) is 0 Å². The highest BCUT2D eigenvalue weighted by Gasteiger charge is 2.35. The first-order chi connectivity index (χ1) is 23.5. The highest BCUT2D eigenvalue weighted by molar-refractivity contribution is 7.92. The fourth-order valence-electron chi connectivity index (χ4n) is 5.22. The van der Waals surface area contributed by atoms with Gasteiger partial charge in [-0.1, -0.05) is 67.9 Å². The van der Waals surface area contributed by atoms with Gasteiger partial charge in [-0.15, -0.1) is 0 Å². The topological polar surface area (TPSA) is 139 Å². The van der Waals surface area contributed by atoms with E-state index in [1.54, 1.807) is 30.3 Å². The molecule has 0 radical (unpaired) electrons. The summed E-state index contributed by atoms with van der Waals surface area (Å²) < 4.78 is 49.7. The van der Waals surface area contributed by atoms with Crippen LogP contribution in [0.15, 0.2) is 102 Å². The number of benzene rings is 4. The van der Waals surface area contributed by atoms with Gasteiger partial charge in [0, 0.05) is 36.7 Å². The summed E-state index contributed by atoms with van der Waals surface area (Å²) in [6, 6.07) is 23.1. The molecule has 11 nitrogen and oxygen atoms in total. The van der Waals surface area contributed by atoms with Gasteiger partial charge in [-0.05, 0) is 55.3 Å².